The Morgan fingerprint density at radius 1 is 1.35 bits per heavy atom. The quantitative estimate of drug-likeness (QED) is 0.875. The van der Waals surface area contributed by atoms with Crippen molar-refractivity contribution >= 4 is 0 Å². The summed E-state index contributed by atoms with van der Waals surface area (Å²) < 4.78 is 11.3. The van der Waals surface area contributed by atoms with E-state index < -0.39 is 5.54 Å². The van der Waals surface area contributed by atoms with E-state index in [0.29, 0.717) is 6.61 Å². The summed E-state index contributed by atoms with van der Waals surface area (Å²) in [4.78, 5) is 0. The Balaban J connectivity index is 2.29. The van der Waals surface area contributed by atoms with E-state index in [0.717, 1.165) is 30.8 Å². The van der Waals surface area contributed by atoms with Crippen LogP contribution in [-0.2, 0) is 10.3 Å². The van der Waals surface area contributed by atoms with Crippen LogP contribution in [0, 0.1) is 0 Å². The number of para-hydroxylation sites is 1. The number of nitrogens with two attached hydrogens (primary N) is 1. The number of hydrogen-bond donors (Lipinski definition) is 1. The molecule has 1 aliphatic rings. The second-order valence-corrected chi connectivity index (χ2v) is 4.98. The van der Waals surface area contributed by atoms with Gasteiger partial charge in [0.15, 0.2) is 0 Å². The Morgan fingerprint density at radius 2 is 2.12 bits per heavy atom. The van der Waals surface area contributed by atoms with Gasteiger partial charge in [-0.25, -0.2) is 0 Å². The van der Waals surface area contributed by atoms with E-state index in [9.17, 15) is 0 Å². The van der Waals surface area contributed by atoms with Gasteiger partial charge in [-0.2, -0.15) is 0 Å². The van der Waals surface area contributed by atoms with Crippen molar-refractivity contribution in [2.24, 2.45) is 5.73 Å². The zero-order chi connectivity index (χ0) is 12.3. The molecule has 1 aromatic carbocycles. The largest absolute Gasteiger partial charge is 0.491 e. The highest BCUT2D eigenvalue weighted by molar-refractivity contribution is 5.39. The van der Waals surface area contributed by atoms with Crippen molar-refractivity contribution in [1.82, 2.24) is 0 Å². The minimum atomic E-state index is -0.399. The lowest BCUT2D eigenvalue weighted by Crippen LogP contribution is -2.44. The third-order valence-electron chi connectivity index (χ3n) is 3.06. The summed E-state index contributed by atoms with van der Waals surface area (Å²) in [6, 6.07) is 8.02. The standard InChI is InChI=1S/C14H21NO2/c1-11(2)17-13-7-4-3-6-12(13)14(15)8-5-9-16-10-14/h3-4,6-7,11H,5,8-10,15H2,1-2H3. The van der Waals surface area contributed by atoms with Crippen molar-refractivity contribution in [2.45, 2.75) is 38.3 Å². The molecule has 1 fully saturated rings. The normalized spacial score (nSPS) is 24.9. The lowest BCUT2D eigenvalue weighted by Gasteiger charge is -2.35. The van der Waals surface area contributed by atoms with Crippen molar-refractivity contribution < 1.29 is 9.47 Å². The molecule has 2 rings (SSSR count). The molecular formula is C14H21NO2. The van der Waals surface area contributed by atoms with Crippen molar-refractivity contribution in [1.29, 1.82) is 0 Å². The minimum absolute atomic E-state index is 0.157. The summed E-state index contributed by atoms with van der Waals surface area (Å²) >= 11 is 0. The number of rotatable bonds is 3. The fraction of sp³-hybridized carbons (Fsp3) is 0.571. The van der Waals surface area contributed by atoms with Gasteiger partial charge in [-0.05, 0) is 32.8 Å². The van der Waals surface area contributed by atoms with Crippen LogP contribution < -0.4 is 10.5 Å². The van der Waals surface area contributed by atoms with Crippen LogP contribution in [0.1, 0.15) is 32.3 Å². The van der Waals surface area contributed by atoms with Gasteiger partial charge in [0.1, 0.15) is 5.75 Å². The van der Waals surface area contributed by atoms with Gasteiger partial charge in [0.2, 0.25) is 0 Å². The van der Waals surface area contributed by atoms with E-state index >= 15 is 0 Å². The fourth-order valence-corrected chi connectivity index (χ4v) is 2.26. The van der Waals surface area contributed by atoms with Gasteiger partial charge in [0, 0.05) is 12.2 Å². The maximum atomic E-state index is 6.45. The Hall–Kier alpha value is -1.06. The van der Waals surface area contributed by atoms with Crippen LogP contribution in [0.4, 0.5) is 0 Å². The van der Waals surface area contributed by atoms with E-state index in [1.807, 2.05) is 38.1 Å². The predicted octanol–water partition coefficient (Wildman–Crippen LogP) is 2.44. The molecule has 1 atom stereocenters. The predicted molar refractivity (Wildman–Crippen MR) is 68.1 cm³/mol. The lowest BCUT2D eigenvalue weighted by atomic mass is 9.85. The van der Waals surface area contributed by atoms with Crippen LogP contribution in [-0.4, -0.2) is 19.3 Å². The molecule has 0 spiro atoms. The molecule has 0 bridgehead atoms. The Morgan fingerprint density at radius 3 is 2.76 bits per heavy atom. The van der Waals surface area contributed by atoms with Gasteiger partial charge in [-0.1, -0.05) is 18.2 Å². The second-order valence-electron chi connectivity index (χ2n) is 4.98. The SMILES string of the molecule is CC(C)Oc1ccccc1C1(N)CCCOC1. The van der Waals surface area contributed by atoms with Gasteiger partial charge in [0.05, 0.1) is 18.2 Å². The Bertz CT molecular complexity index is 370. The first kappa shape index (κ1) is 12.4. The highest BCUT2D eigenvalue weighted by Gasteiger charge is 2.33. The Kier molecular flexibility index (Phi) is 3.69. The molecule has 94 valence electrons. The summed E-state index contributed by atoms with van der Waals surface area (Å²) in [5, 5.41) is 0. The number of benzene rings is 1. The zero-order valence-electron chi connectivity index (χ0n) is 10.6. The van der Waals surface area contributed by atoms with Crippen LogP contribution in [0.25, 0.3) is 0 Å². The molecule has 17 heavy (non-hydrogen) atoms. The van der Waals surface area contributed by atoms with E-state index in [1.165, 1.54) is 0 Å². The van der Waals surface area contributed by atoms with E-state index in [-0.39, 0.29) is 6.10 Å². The molecule has 0 aromatic heterocycles. The van der Waals surface area contributed by atoms with Crippen molar-refractivity contribution in [3.05, 3.63) is 29.8 Å². The molecule has 3 nitrogen and oxygen atoms in total. The summed E-state index contributed by atoms with van der Waals surface area (Å²) in [6.07, 6.45) is 2.11. The molecule has 1 unspecified atom stereocenters. The van der Waals surface area contributed by atoms with Crippen LogP contribution in [0.3, 0.4) is 0 Å². The van der Waals surface area contributed by atoms with Gasteiger partial charge in [-0.15, -0.1) is 0 Å². The monoisotopic (exact) mass is 235 g/mol. The fourth-order valence-electron chi connectivity index (χ4n) is 2.26. The highest BCUT2D eigenvalue weighted by atomic mass is 16.5. The van der Waals surface area contributed by atoms with Crippen LogP contribution in [0.2, 0.25) is 0 Å². The smallest absolute Gasteiger partial charge is 0.124 e. The zero-order valence-corrected chi connectivity index (χ0v) is 10.6. The molecule has 3 heteroatoms. The third-order valence-corrected chi connectivity index (χ3v) is 3.06. The molecule has 0 radical (unpaired) electrons. The van der Waals surface area contributed by atoms with Gasteiger partial charge in [0.25, 0.3) is 0 Å². The molecule has 0 saturated carbocycles. The van der Waals surface area contributed by atoms with E-state index in [1.54, 1.807) is 0 Å². The third kappa shape index (κ3) is 2.79. The molecule has 1 aromatic rings. The first-order chi connectivity index (χ1) is 8.12. The van der Waals surface area contributed by atoms with Gasteiger partial charge >= 0.3 is 0 Å². The minimum Gasteiger partial charge on any atom is -0.491 e. The van der Waals surface area contributed by atoms with Crippen molar-refractivity contribution in [3.63, 3.8) is 0 Å². The van der Waals surface area contributed by atoms with Crippen LogP contribution in [0.5, 0.6) is 5.75 Å². The lowest BCUT2D eigenvalue weighted by molar-refractivity contribution is 0.0350. The molecule has 2 N–H and O–H groups in total. The Labute approximate surface area is 103 Å². The molecule has 1 heterocycles. The topological polar surface area (TPSA) is 44.5 Å². The van der Waals surface area contributed by atoms with Crippen molar-refractivity contribution in [2.75, 3.05) is 13.2 Å². The average molecular weight is 235 g/mol. The summed E-state index contributed by atoms with van der Waals surface area (Å²) in [5.41, 5.74) is 7.12. The molecule has 0 aliphatic carbocycles. The van der Waals surface area contributed by atoms with Gasteiger partial charge < -0.3 is 15.2 Å². The van der Waals surface area contributed by atoms with E-state index in [2.05, 4.69) is 0 Å². The van der Waals surface area contributed by atoms with Gasteiger partial charge in [-0.3, -0.25) is 0 Å². The summed E-state index contributed by atoms with van der Waals surface area (Å²) in [6.45, 7) is 5.44. The number of ether oxygens (including phenoxy) is 2. The summed E-state index contributed by atoms with van der Waals surface area (Å²) in [7, 11) is 0. The second kappa shape index (κ2) is 5.07. The molecule has 1 aliphatic heterocycles. The van der Waals surface area contributed by atoms with Crippen LogP contribution >= 0.6 is 0 Å². The molecular weight excluding hydrogens is 214 g/mol. The summed E-state index contributed by atoms with van der Waals surface area (Å²) in [5.74, 6) is 0.885. The first-order valence-corrected chi connectivity index (χ1v) is 6.25. The van der Waals surface area contributed by atoms with E-state index in [4.69, 9.17) is 15.2 Å². The van der Waals surface area contributed by atoms with Crippen LogP contribution in [0.15, 0.2) is 24.3 Å². The first-order valence-electron chi connectivity index (χ1n) is 6.25. The maximum absolute atomic E-state index is 6.45. The number of hydrogen-bond acceptors (Lipinski definition) is 3. The maximum Gasteiger partial charge on any atom is 0.124 e. The molecule has 0 amide bonds. The van der Waals surface area contributed by atoms with Crippen molar-refractivity contribution in [3.8, 4) is 5.75 Å². The highest BCUT2D eigenvalue weighted by Crippen LogP contribution is 2.34. The average Bonchev–Trinajstić information content (AvgIpc) is 2.30. The molecule has 1 saturated heterocycles.